The Kier molecular flexibility index (Phi) is 3.03. The van der Waals surface area contributed by atoms with E-state index in [9.17, 15) is 9.90 Å². The smallest absolute Gasteiger partial charge is 0.328 e. The third kappa shape index (κ3) is 2.12. The molecule has 98 valence electrons. The molecule has 6 nitrogen and oxygen atoms in total. The van der Waals surface area contributed by atoms with Crippen molar-refractivity contribution in [3.05, 3.63) is 11.6 Å². The molecule has 1 aromatic heterocycles. The summed E-state index contributed by atoms with van der Waals surface area (Å²) >= 11 is 0. The van der Waals surface area contributed by atoms with Crippen LogP contribution in [-0.4, -0.2) is 38.4 Å². The van der Waals surface area contributed by atoms with Crippen molar-refractivity contribution >= 4 is 5.97 Å². The first kappa shape index (κ1) is 11.6. The van der Waals surface area contributed by atoms with Gasteiger partial charge in [-0.1, -0.05) is 0 Å². The van der Waals surface area contributed by atoms with E-state index in [2.05, 4.69) is 15.4 Å². The summed E-state index contributed by atoms with van der Waals surface area (Å²) in [7, 11) is 0. The van der Waals surface area contributed by atoms with Gasteiger partial charge in [0.2, 0.25) is 0 Å². The summed E-state index contributed by atoms with van der Waals surface area (Å²) in [5.41, 5.74) is 0. The fourth-order valence-corrected chi connectivity index (χ4v) is 2.87. The van der Waals surface area contributed by atoms with E-state index in [0.717, 1.165) is 43.9 Å². The van der Waals surface area contributed by atoms with Gasteiger partial charge >= 0.3 is 5.97 Å². The lowest BCUT2D eigenvalue weighted by atomic mass is 10.1. The van der Waals surface area contributed by atoms with Crippen LogP contribution in [0.4, 0.5) is 0 Å². The number of carboxylic acid groups (broad SMARTS) is 1. The minimum absolute atomic E-state index is 0.456. The second-order valence-electron chi connectivity index (χ2n) is 5.13. The summed E-state index contributed by atoms with van der Waals surface area (Å²) in [6.45, 7) is 1.07. The number of hydrogen-bond donors (Lipinski definition) is 2. The first-order valence-corrected chi connectivity index (χ1v) is 6.64. The zero-order valence-electron chi connectivity index (χ0n) is 10.3. The van der Waals surface area contributed by atoms with E-state index in [1.165, 1.54) is 6.42 Å². The second-order valence-corrected chi connectivity index (χ2v) is 5.13. The summed E-state index contributed by atoms with van der Waals surface area (Å²) in [6.07, 6.45) is 5.56. The van der Waals surface area contributed by atoms with Gasteiger partial charge in [-0.2, -0.15) is 5.10 Å². The first-order valence-electron chi connectivity index (χ1n) is 6.64. The number of rotatable bonds is 3. The van der Waals surface area contributed by atoms with Crippen molar-refractivity contribution in [1.82, 2.24) is 20.1 Å². The molecule has 2 N–H and O–H groups in total. The molecule has 2 aliphatic rings. The molecule has 0 bridgehead atoms. The molecular formula is C12H18N4O2. The van der Waals surface area contributed by atoms with Crippen molar-refractivity contribution in [2.75, 3.05) is 6.54 Å². The van der Waals surface area contributed by atoms with Gasteiger partial charge < -0.3 is 10.4 Å². The van der Waals surface area contributed by atoms with E-state index in [1.54, 1.807) is 4.68 Å². The number of aryl methyl sites for hydroxylation is 1. The highest BCUT2D eigenvalue weighted by Crippen LogP contribution is 2.23. The molecule has 1 saturated heterocycles. The number of aromatic nitrogens is 3. The maximum Gasteiger partial charge on any atom is 0.328 e. The zero-order chi connectivity index (χ0) is 12.5. The van der Waals surface area contributed by atoms with Crippen molar-refractivity contribution in [2.45, 2.75) is 50.6 Å². The van der Waals surface area contributed by atoms with Gasteiger partial charge in [-0.3, -0.25) is 0 Å². The van der Waals surface area contributed by atoms with Crippen LogP contribution in [-0.2, 0) is 17.6 Å². The molecule has 18 heavy (non-hydrogen) atoms. The molecule has 2 aliphatic heterocycles. The first-order chi connectivity index (χ1) is 8.74. The number of nitrogens with zero attached hydrogens (tertiary/aromatic N) is 3. The molecule has 0 aliphatic carbocycles. The third-order valence-corrected chi connectivity index (χ3v) is 3.80. The molecule has 0 aromatic carbocycles. The zero-order valence-corrected chi connectivity index (χ0v) is 10.3. The number of aliphatic carboxylic acids is 1. The average molecular weight is 250 g/mol. The minimum Gasteiger partial charge on any atom is -0.480 e. The number of carboxylic acids is 1. The predicted octanol–water partition coefficient (Wildman–Crippen LogP) is 0.535. The Labute approximate surface area is 105 Å². The lowest BCUT2D eigenvalue weighted by Crippen LogP contribution is -2.26. The van der Waals surface area contributed by atoms with Crippen LogP contribution in [0.1, 0.15) is 43.4 Å². The van der Waals surface area contributed by atoms with Crippen LogP contribution in [0.5, 0.6) is 0 Å². The van der Waals surface area contributed by atoms with Gasteiger partial charge in [0.1, 0.15) is 5.82 Å². The highest BCUT2D eigenvalue weighted by Gasteiger charge is 2.29. The Morgan fingerprint density at radius 3 is 3.06 bits per heavy atom. The van der Waals surface area contributed by atoms with Gasteiger partial charge in [0, 0.05) is 18.9 Å². The van der Waals surface area contributed by atoms with Crippen LogP contribution < -0.4 is 5.32 Å². The monoisotopic (exact) mass is 250 g/mol. The van der Waals surface area contributed by atoms with Crippen LogP contribution in [0.25, 0.3) is 0 Å². The maximum atomic E-state index is 11.2. The van der Waals surface area contributed by atoms with Gasteiger partial charge in [0.15, 0.2) is 11.9 Å². The van der Waals surface area contributed by atoms with E-state index in [1.807, 2.05) is 0 Å². The quantitative estimate of drug-likeness (QED) is 0.818. The number of fused-ring (bicyclic) bond motifs is 1. The van der Waals surface area contributed by atoms with Gasteiger partial charge in [-0.05, 0) is 32.2 Å². The van der Waals surface area contributed by atoms with Gasteiger partial charge in [0.25, 0.3) is 0 Å². The molecule has 0 amide bonds. The Hall–Kier alpha value is -1.43. The Bertz CT molecular complexity index is 451. The molecule has 1 fully saturated rings. The summed E-state index contributed by atoms with van der Waals surface area (Å²) in [5, 5.41) is 17.0. The van der Waals surface area contributed by atoms with Gasteiger partial charge in [0.05, 0.1) is 0 Å². The van der Waals surface area contributed by atoms with E-state index in [-0.39, 0.29) is 0 Å². The summed E-state index contributed by atoms with van der Waals surface area (Å²) in [4.78, 5) is 15.7. The minimum atomic E-state index is -0.800. The average Bonchev–Trinajstić information content (AvgIpc) is 2.96. The molecule has 0 radical (unpaired) electrons. The Morgan fingerprint density at radius 1 is 1.44 bits per heavy atom. The Morgan fingerprint density at radius 2 is 2.33 bits per heavy atom. The van der Waals surface area contributed by atoms with Crippen LogP contribution in [0.3, 0.4) is 0 Å². The van der Waals surface area contributed by atoms with Crippen molar-refractivity contribution < 1.29 is 9.90 Å². The topological polar surface area (TPSA) is 80.0 Å². The predicted molar refractivity (Wildman–Crippen MR) is 64.4 cm³/mol. The largest absolute Gasteiger partial charge is 0.480 e. The number of hydrogen-bond acceptors (Lipinski definition) is 4. The SMILES string of the molecule is O=C(O)C1CCCc2nc(CC3CCCN3)nn21. The molecular weight excluding hydrogens is 232 g/mol. The lowest BCUT2D eigenvalue weighted by Gasteiger charge is -2.19. The summed E-state index contributed by atoms with van der Waals surface area (Å²) in [6, 6.07) is -0.0655. The maximum absolute atomic E-state index is 11.2. The lowest BCUT2D eigenvalue weighted by molar-refractivity contribution is -0.141. The fourth-order valence-electron chi connectivity index (χ4n) is 2.87. The van der Waals surface area contributed by atoms with E-state index in [4.69, 9.17) is 0 Å². The van der Waals surface area contributed by atoms with Crippen molar-refractivity contribution in [3.63, 3.8) is 0 Å². The molecule has 2 atom stereocenters. The van der Waals surface area contributed by atoms with Crippen molar-refractivity contribution in [2.24, 2.45) is 0 Å². The number of nitrogens with one attached hydrogen (secondary N) is 1. The molecule has 3 rings (SSSR count). The highest BCUT2D eigenvalue weighted by molar-refractivity contribution is 5.71. The van der Waals surface area contributed by atoms with E-state index < -0.39 is 12.0 Å². The van der Waals surface area contributed by atoms with Crippen LogP contribution in [0.15, 0.2) is 0 Å². The molecule has 0 saturated carbocycles. The van der Waals surface area contributed by atoms with Gasteiger partial charge in [-0.15, -0.1) is 0 Å². The van der Waals surface area contributed by atoms with Crippen molar-refractivity contribution in [1.29, 1.82) is 0 Å². The summed E-state index contributed by atoms with van der Waals surface area (Å²) in [5.74, 6) is 0.825. The van der Waals surface area contributed by atoms with Gasteiger partial charge in [-0.25, -0.2) is 14.5 Å². The molecule has 1 aromatic rings. The molecule has 0 spiro atoms. The Balaban J connectivity index is 1.79. The third-order valence-electron chi connectivity index (χ3n) is 3.80. The second kappa shape index (κ2) is 4.68. The summed E-state index contributed by atoms with van der Waals surface area (Å²) < 4.78 is 1.62. The molecule has 6 heteroatoms. The normalized spacial score (nSPS) is 27.1. The van der Waals surface area contributed by atoms with Crippen LogP contribution in [0, 0.1) is 0 Å². The highest BCUT2D eigenvalue weighted by atomic mass is 16.4. The van der Waals surface area contributed by atoms with E-state index in [0.29, 0.717) is 12.5 Å². The fraction of sp³-hybridized carbons (Fsp3) is 0.750. The molecule has 3 heterocycles. The van der Waals surface area contributed by atoms with Crippen LogP contribution >= 0.6 is 0 Å². The van der Waals surface area contributed by atoms with Crippen molar-refractivity contribution in [3.8, 4) is 0 Å². The van der Waals surface area contributed by atoms with Crippen LogP contribution in [0.2, 0.25) is 0 Å². The molecule has 2 unspecified atom stereocenters. The standard InChI is InChI=1S/C12H18N4O2/c17-12(18)9-4-1-5-11-14-10(15-16(9)11)7-8-3-2-6-13-8/h8-9,13H,1-7H2,(H,17,18). The van der Waals surface area contributed by atoms with E-state index >= 15 is 0 Å². The number of carbonyl (C=O) groups is 1.